The summed E-state index contributed by atoms with van der Waals surface area (Å²) in [5.74, 6) is 0.00440. The third kappa shape index (κ3) is 5.82. The van der Waals surface area contributed by atoms with Crippen molar-refractivity contribution in [2.75, 3.05) is 13.1 Å². The van der Waals surface area contributed by atoms with Crippen LogP contribution in [0.3, 0.4) is 0 Å². The minimum absolute atomic E-state index is 0.0262. The molecule has 0 fully saturated rings. The molecule has 1 aliphatic heterocycles. The Hall–Kier alpha value is -2.87. The van der Waals surface area contributed by atoms with E-state index in [1.165, 1.54) is 35.0 Å². The number of nitro groups is 1. The summed E-state index contributed by atoms with van der Waals surface area (Å²) >= 11 is 1.34. The second-order valence-corrected chi connectivity index (χ2v) is 8.65. The summed E-state index contributed by atoms with van der Waals surface area (Å²) in [6, 6.07) is 14.3. The van der Waals surface area contributed by atoms with Crippen molar-refractivity contribution < 1.29 is 14.5 Å². The highest BCUT2D eigenvalue weighted by molar-refractivity contribution is 8.00. The predicted octanol–water partition coefficient (Wildman–Crippen LogP) is 3.56. The zero-order valence-corrected chi connectivity index (χ0v) is 17.7. The van der Waals surface area contributed by atoms with E-state index in [0.717, 1.165) is 17.9 Å². The van der Waals surface area contributed by atoms with Crippen LogP contribution in [0.2, 0.25) is 0 Å². The maximum Gasteiger partial charge on any atom is 0.269 e. The Morgan fingerprint density at radius 3 is 2.57 bits per heavy atom. The zero-order valence-electron chi connectivity index (χ0n) is 16.9. The molecule has 2 aromatic rings. The number of nitrogens with one attached hydrogen (secondary N) is 1. The van der Waals surface area contributed by atoms with Gasteiger partial charge in [-0.2, -0.15) is 0 Å². The molecule has 158 valence electrons. The number of benzene rings is 2. The molecule has 1 unspecified atom stereocenters. The average molecular weight is 428 g/mol. The van der Waals surface area contributed by atoms with Gasteiger partial charge in [0.2, 0.25) is 11.8 Å². The number of carbonyl (C=O) groups excluding carboxylic acids is 2. The van der Waals surface area contributed by atoms with E-state index < -0.39 is 4.92 Å². The minimum Gasteiger partial charge on any atom is -0.355 e. The Bertz CT molecular complexity index is 917. The van der Waals surface area contributed by atoms with Gasteiger partial charge in [0, 0.05) is 43.1 Å². The van der Waals surface area contributed by atoms with Gasteiger partial charge in [0.05, 0.1) is 10.2 Å². The molecule has 1 N–H and O–H groups in total. The summed E-state index contributed by atoms with van der Waals surface area (Å²) in [5.41, 5.74) is 2.55. The van der Waals surface area contributed by atoms with Crippen molar-refractivity contribution in [3.8, 4) is 0 Å². The number of nitrogens with zero attached hydrogens (tertiary/aromatic N) is 2. The van der Waals surface area contributed by atoms with Crippen LogP contribution >= 0.6 is 11.8 Å². The van der Waals surface area contributed by atoms with Gasteiger partial charge in [-0.15, -0.1) is 11.8 Å². The van der Waals surface area contributed by atoms with Crippen LogP contribution in [-0.2, 0) is 22.6 Å². The van der Waals surface area contributed by atoms with Gasteiger partial charge in [-0.05, 0) is 43.0 Å². The highest BCUT2D eigenvalue weighted by atomic mass is 32.2. The van der Waals surface area contributed by atoms with Gasteiger partial charge in [0.15, 0.2) is 0 Å². The van der Waals surface area contributed by atoms with Crippen LogP contribution in [0.1, 0.15) is 30.9 Å². The first kappa shape index (κ1) is 21.8. The molecule has 7 nitrogen and oxygen atoms in total. The lowest BCUT2D eigenvalue weighted by atomic mass is 9.99. The Kier molecular flexibility index (Phi) is 7.46. The summed E-state index contributed by atoms with van der Waals surface area (Å²) in [4.78, 5) is 37.7. The zero-order chi connectivity index (χ0) is 21.5. The van der Waals surface area contributed by atoms with Gasteiger partial charge >= 0.3 is 0 Å². The Balaban J connectivity index is 1.37. The largest absolute Gasteiger partial charge is 0.355 e. The second-order valence-electron chi connectivity index (χ2n) is 7.24. The van der Waals surface area contributed by atoms with E-state index in [2.05, 4.69) is 17.4 Å². The first-order chi connectivity index (χ1) is 14.4. The quantitative estimate of drug-likeness (QED) is 0.301. The molecule has 1 atom stereocenters. The fraction of sp³-hybridized carbons (Fsp3) is 0.364. The molecule has 0 saturated carbocycles. The van der Waals surface area contributed by atoms with Crippen LogP contribution in [0, 0.1) is 10.1 Å². The van der Waals surface area contributed by atoms with Crippen LogP contribution < -0.4 is 5.32 Å². The number of carbonyl (C=O) groups is 2. The molecule has 1 heterocycles. The molecule has 0 saturated heterocycles. The SMILES string of the molecule is CC(Sc1ccc([N+](=O)[O-])cc1)C(=O)NCCCC(=O)N1CCc2ccccc2C1. The van der Waals surface area contributed by atoms with Gasteiger partial charge in [-0.1, -0.05) is 24.3 Å². The number of thioether (sulfide) groups is 1. The number of hydrogen-bond donors (Lipinski definition) is 1. The van der Waals surface area contributed by atoms with Crippen LogP contribution in [-0.4, -0.2) is 40.0 Å². The molecule has 8 heteroatoms. The number of non-ortho nitro benzene ring substituents is 1. The van der Waals surface area contributed by atoms with Crippen LogP contribution in [0.4, 0.5) is 5.69 Å². The van der Waals surface area contributed by atoms with Crippen molar-refractivity contribution in [1.29, 1.82) is 0 Å². The molecule has 0 radical (unpaired) electrons. The first-order valence-corrected chi connectivity index (χ1v) is 10.9. The van der Waals surface area contributed by atoms with Gasteiger partial charge in [0.1, 0.15) is 0 Å². The molecule has 30 heavy (non-hydrogen) atoms. The fourth-order valence-corrected chi connectivity index (χ4v) is 4.26. The number of fused-ring (bicyclic) bond motifs is 1. The Morgan fingerprint density at radius 2 is 1.87 bits per heavy atom. The van der Waals surface area contributed by atoms with E-state index in [1.54, 1.807) is 19.1 Å². The summed E-state index contributed by atoms with van der Waals surface area (Å²) in [7, 11) is 0. The molecule has 0 aliphatic carbocycles. The van der Waals surface area contributed by atoms with Crippen molar-refractivity contribution in [2.24, 2.45) is 0 Å². The molecule has 0 aromatic heterocycles. The molecular weight excluding hydrogens is 402 g/mol. The van der Waals surface area contributed by atoms with Crippen LogP contribution in [0.15, 0.2) is 53.4 Å². The van der Waals surface area contributed by atoms with Crippen molar-refractivity contribution in [1.82, 2.24) is 10.2 Å². The van der Waals surface area contributed by atoms with E-state index in [4.69, 9.17) is 0 Å². The smallest absolute Gasteiger partial charge is 0.269 e. The highest BCUT2D eigenvalue weighted by Crippen LogP contribution is 2.25. The van der Waals surface area contributed by atoms with E-state index in [1.807, 2.05) is 17.0 Å². The minimum atomic E-state index is -0.450. The molecule has 2 amide bonds. The number of rotatable bonds is 8. The monoisotopic (exact) mass is 427 g/mol. The summed E-state index contributed by atoms with van der Waals surface area (Å²) in [6.07, 6.45) is 1.89. The van der Waals surface area contributed by atoms with E-state index in [-0.39, 0.29) is 22.8 Å². The lowest BCUT2D eigenvalue weighted by molar-refractivity contribution is -0.384. The molecular formula is C22H25N3O4S. The lowest BCUT2D eigenvalue weighted by Crippen LogP contribution is -2.36. The van der Waals surface area contributed by atoms with Crippen LogP contribution in [0.25, 0.3) is 0 Å². The van der Waals surface area contributed by atoms with Crippen molar-refractivity contribution in [3.63, 3.8) is 0 Å². The Morgan fingerprint density at radius 1 is 1.17 bits per heavy atom. The lowest BCUT2D eigenvalue weighted by Gasteiger charge is -2.29. The topological polar surface area (TPSA) is 92.5 Å². The van der Waals surface area contributed by atoms with Gasteiger partial charge < -0.3 is 10.2 Å². The third-order valence-corrected chi connectivity index (χ3v) is 6.19. The Labute approximate surface area is 180 Å². The molecule has 3 rings (SSSR count). The standard InChI is InChI=1S/C22H25N3O4S/c1-16(30-20-10-8-19(9-11-20)25(28)29)22(27)23-13-4-7-21(26)24-14-12-17-5-2-3-6-18(17)15-24/h2-3,5-6,8-11,16H,4,7,12-15H2,1H3,(H,23,27). The van der Waals surface area contributed by atoms with Gasteiger partial charge in [0.25, 0.3) is 5.69 Å². The summed E-state index contributed by atoms with van der Waals surface area (Å²) in [5, 5.41) is 13.2. The third-order valence-electron chi connectivity index (χ3n) is 5.08. The number of hydrogen-bond acceptors (Lipinski definition) is 5. The summed E-state index contributed by atoms with van der Waals surface area (Å²) < 4.78 is 0. The first-order valence-electron chi connectivity index (χ1n) is 9.97. The van der Waals surface area contributed by atoms with E-state index in [9.17, 15) is 19.7 Å². The molecule has 1 aliphatic rings. The normalized spacial score (nSPS) is 14.0. The maximum atomic E-state index is 12.5. The average Bonchev–Trinajstić information content (AvgIpc) is 2.76. The molecule has 2 aromatic carbocycles. The van der Waals surface area contributed by atoms with Gasteiger partial charge in [-0.25, -0.2) is 0 Å². The van der Waals surface area contributed by atoms with Crippen molar-refractivity contribution in [2.45, 2.75) is 42.9 Å². The van der Waals surface area contributed by atoms with Crippen molar-refractivity contribution >= 4 is 29.3 Å². The van der Waals surface area contributed by atoms with Crippen LogP contribution in [0.5, 0.6) is 0 Å². The predicted molar refractivity (Wildman–Crippen MR) is 116 cm³/mol. The summed E-state index contributed by atoms with van der Waals surface area (Å²) in [6.45, 7) is 3.63. The maximum absolute atomic E-state index is 12.5. The second kappa shape index (κ2) is 10.2. The van der Waals surface area contributed by atoms with E-state index >= 15 is 0 Å². The fourth-order valence-electron chi connectivity index (χ4n) is 3.37. The number of nitro benzene ring substituents is 1. The number of amides is 2. The molecule has 0 bridgehead atoms. The molecule has 0 spiro atoms. The van der Waals surface area contributed by atoms with Gasteiger partial charge in [-0.3, -0.25) is 19.7 Å². The highest BCUT2D eigenvalue weighted by Gasteiger charge is 2.20. The van der Waals surface area contributed by atoms with Crippen molar-refractivity contribution in [3.05, 3.63) is 69.8 Å². The van der Waals surface area contributed by atoms with E-state index in [0.29, 0.717) is 25.9 Å².